The van der Waals surface area contributed by atoms with Crippen molar-refractivity contribution in [2.24, 2.45) is 0 Å². The molecule has 0 bridgehead atoms. The van der Waals surface area contributed by atoms with E-state index in [-0.39, 0.29) is 35.7 Å². The van der Waals surface area contributed by atoms with Crippen LogP contribution in [0.1, 0.15) is 51.7 Å². The summed E-state index contributed by atoms with van der Waals surface area (Å²) in [5.41, 5.74) is 3.74. The Balaban J connectivity index is 0.000000341. The molecule has 0 saturated carbocycles. The Kier molecular flexibility index (Phi) is 22.4. The van der Waals surface area contributed by atoms with Crippen molar-refractivity contribution in [1.82, 2.24) is 0 Å². The molecule has 6 rings (SSSR count). The van der Waals surface area contributed by atoms with Gasteiger partial charge in [-0.2, -0.15) is 26.0 Å². The summed E-state index contributed by atoms with van der Waals surface area (Å²) in [6.07, 6.45) is 14.3. The van der Waals surface area contributed by atoms with Crippen molar-refractivity contribution in [3.05, 3.63) is 157 Å². The van der Waals surface area contributed by atoms with Crippen molar-refractivity contribution in [2.75, 3.05) is 35.2 Å². The van der Waals surface area contributed by atoms with Gasteiger partial charge in [0.1, 0.15) is 18.0 Å². The van der Waals surface area contributed by atoms with E-state index in [1.165, 1.54) is 18.2 Å². The minimum atomic E-state index is -4.53. The first-order valence-electron chi connectivity index (χ1n) is 21.5. The average Bonchev–Trinajstić information content (AvgIpc) is 3.63. The number of para-hydroxylation sites is 3. The average molecular weight is 1140 g/mol. The molecule has 22 nitrogen and oxygen atoms in total. The summed E-state index contributed by atoms with van der Waals surface area (Å²) in [4.78, 5) is -0.459. The van der Waals surface area contributed by atoms with Gasteiger partial charge in [-0.15, -0.1) is 25.3 Å². The van der Waals surface area contributed by atoms with Gasteiger partial charge in [0.2, 0.25) is 11.4 Å². The van der Waals surface area contributed by atoms with E-state index in [1.54, 1.807) is 64.1 Å². The number of nitrogens with one attached hydrogen (secondary N) is 2. The molecule has 0 fully saturated rings. The van der Waals surface area contributed by atoms with Crippen LogP contribution in [0.15, 0.2) is 156 Å². The third-order valence-electron chi connectivity index (χ3n) is 10.8. The predicted molar refractivity (Wildman–Crippen MR) is 273 cm³/mol. The molecule has 0 aromatic heterocycles. The van der Waals surface area contributed by atoms with Crippen molar-refractivity contribution >= 4 is 95.9 Å². The molecule has 400 valence electrons. The van der Waals surface area contributed by atoms with Crippen LogP contribution in [0.25, 0.3) is 0 Å². The first kappa shape index (κ1) is 62.0. The van der Waals surface area contributed by atoms with Gasteiger partial charge >= 0.3 is 31.3 Å². The van der Waals surface area contributed by atoms with Crippen LogP contribution in [0, 0.1) is 0 Å². The monoisotopic (exact) mass is 1140 g/mol. The molecule has 0 amide bonds. The van der Waals surface area contributed by atoms with E-state index in [0.717, 1.165) is 11.4 Å². The minimum absolute atomic E-state index is 0.00387. The van der Waals surface area contributed by atoms with Crippen LogP contribution in [0.4, 0.5) is 22.7 Å². The van der Waals surface area contributed by atoms with Crippen LogP contribution in [0.2, 0.25) is 0 Å². The number of hydrogen-bond donors (Lipinski definition) is 4. The zero-order valence-electron chi connectivity index (χ0n) is 39.9. The van der Waals surface area contributed by atoms with Gasteiger partial charge in [0, 0.05) is 71.9 Å². The minimum Gasteiger partial charge on any atom is -0.748 e. The van der Waals surface area contributed by atoms with E-state index in [1.807, 2.05) is 101 Å². The fourth-order valence-electron chi connectivity index (χ4n) is 7.92. The number of fused-ring (bicyclic) bond motifs is 2. The second-order valence-corrected chi connectivity index (χ2v) is 23.3. The van der Waals surface area contributed by atoms with Crippen molar-refractivity contribution in [2.45, 2.75) is 61.2 Å². The number of nitrogens with zero attached hydrogens (tertiary/aromatic N) is 2. The van der Waals surface area contributed by atoms with E-state index in [2.05, 4.69) is 10.6 Å². The smallest absolute Gasteiger partial charge is 0.425 e. The Labute approximate surface area is 433 Å². The van der Waals surface area contributed by atoms with Gasteiger partial charge in [-0.25, -0.2) is 16.8 Å². The first-order valence-corrected chi connectivity index (χ1v) is 29.5. The normalized spacial score (nSPS) is 14.9. The third kappa shape index (κ3) is 19.2. The Morgan fingerprint density at radius 3 is 1.34 bits per heavy atom. The van der Waals surface area contributed by atoms with Gasteiger partial charge in [-0.3, -0.25) is 9.11 Å². The van der Waals surface area contributed by atoms with Crippen molar-refractivity contribution < 1.29 is 86.3 Å². The summed E-state index contributed by atoms with van der Waals surface area (Å²) in [5.74, 6) is -1.11. The number of anilines is 2. The number of rotatable bonds is 18. The molecule has 2 heterocycles. The maximum atomic E-state index is 12.1. The Morgan fingerprint density at radius 1 is 0.527 bits per heavy atom. The van der Waals surface area contributed by atoms with E-state index in [4.69, 9.17) is 25.3 Å². The van der Waals surface area contributed by atoms with Gasteiger partial charge in [-0.1, -0.05) is 66.7 Å². The fraction of sp³-hybridized carbons (Fsp3) is 0.261. The summed E-state index contributed by atoms with van der Waals surface area (Å²) in [6, 6.07) is 28.3. The molecule has 2 aliphatic heterocycles. The Bertz CT molecular complexity index is 3520. The van der Waals surface area contributed by atoms with Crippen LogP contribution < -0.4 is 10.6 Å². The van der Waals surface area contributed by atoms with Gasteiger partial charge < -0.3 is 19.7 Å². The molecular formula is C46H52N4O18S6. The van der Waals surface area contributed by atoms with Crippen LogP contribution in [0.5, 0.6) is 0 Å². The number of hydrogen-bond acceptors (Lipinski definition) is 18. The van der Waals surface area contributed by atoms with Crippen LogP contribution in [-0.2, 0) is 72.5 Å². The fourth-order valence-corrected chi connectivity index (χ4v) is 10.5. The lowest BCUT2D eigenvalue weighted by atomic mass is 9.81. The topological polar surface area (TPSA) is 356 Å². The highest BCUT2D eigenvalue weighted by Crippen LogP contribution is 2.45. The molecule has 0 atom stereocenters. The first-order chi connectivity index (χ1) is 34.3. The summed E-state index contributed by atoms with van der Waals surface area (Å²) < 4.78 is 188. The number of allylic oxidation sites excluding steroid dienone is 6. The van der Waals surface area contributed by atoms with Gasteiger partial charge in [-0.05, 0) is 76.2 Å². The maximum absolute atomic E-state index is 12.1. The van der Waals surface area contributed by atoms with Crippen molar-refractivity contribution in [3.63, 3.8) is 0 Å². The molecule has 0 aliphatic carbocycles. The van der Waals surface area contributed by atoms with Gasteiger partial charge in [0.25, 0.3) is 10.1 Å². The summed E-state index contributed by atoms with van der Waals surface area (Å²) in [6.45, 7) is 7.77. The lowest BCUT2D eigenvalue weighted by Crippen LogP contribution is -2.29. The van der Waals surface area contributed by atoms with Crippen molar-refractivity contribution in [1.29, 1.82) is 0 Å². The molecule has 4 aromatic rings. The number of benzene rings is 4. The molecular weight excluding hydrogens is 1090 g/mol. The Morgan fingerprint density at radius 2 is 0.919 bits per heavy atom. The second-order valence-electron chi connectivity index (χ2n) is 16.7. The zero-order valence-corrected chi connectivity index (χ0v) is 44.8. The lowest BCUT2D eigenvalue weighted by molar-refractivity contribution is -0.440. The standard InChI is InChI=1S/2C23H26N2O6S2.2O3S/c1-23(2)21(14-6-7-15-24-18-10-4-3-5-11-18)25(16-9-17-32(26,27)28)19-12-8-13-20(22(19)23)33(29,30)31;1-23(2)19-12-8-13-20(33(29,30)31)22(19)25(16-9-17-32(26,27)28)21(23)14-6-7-15-24-18-10-4-3-5-11-18;2*1-4(2)3/h2*3-8,10-15H,9,16-17H2,1-2H3,(H2,26,27,28,29,30,31);;. The van der Waals surface area contributed by atoms with Gasteiger partial charge in [0.15, 0.2) is 16.3 Å². The molecule has 0 saturated heterocycles. The molecule has 2 aliphatic rings. The highest BCUT2D eigenvalue weighted by molar-refractivity contribution is 7.86. The zero-order chi connectivity index (χ0) is 55.7. The predicted octanol–water partition coefficient (Wildman–Crippen LogP) is 4.85. The summed E-state index contributed by atoms with van der Waals surface area (Å²) >= 11 is 0. The van der Waals surface area contributed by atoms with E-state index in [9.17, 15) is 51.9 Å². The Hall–Kier alpha value is -6.34. The van der Waals surface area contributed by atoms with Crippen LogP contribution in [-0.4, -0.2) is 122 Å². The van der Waals surface area contributed by atoms with Crippen LogP contribution in [0.3, 0.4) is 0 Å². The molecule has 0 spiro atoms. The van der Waals surface area contributed by atoms with Gasteiger partial charge in [0.05, 0.1) is 36.6 Å². The molecule has 74 heavy (non-hydrogen) atoms. The van der Waals surface area contributed by atoms with E-state index < -0.39 is 84.0 Å². The highest BCUT2D eigenvalue weighted by atomic mass is 32.2. The highest BCUT2D eigenvalue weighted by Gasteiger charge is 2.48. The van der Waals surface area contributed by atoms with Crippen molar-refractivity contribution in [3.8, 4) is 0 Å². The largest absolute Gasteiger partial charge is 0.748 e. The quantitative estimate of drug-likeness (QED) is 0.0588. The molecule has 4 N–H and O–H groups in total. The maximum Gasteiger partial charge on any atom is 0.425 e. The van der Waals surface area contributed by atoms with E-state index in [0.29, 0.717) is 33.9 Å². The SMILES string of the molecule is CC1(C)C(/C=C/C=C/Nc2ccccc2)=[N+](CCCS(=O)(=O)[O-])c2c1cccc2S(=O)(=O)O.CC1(C)C(/C=C/C=C/Nc2ccccc2)=[N+](CCCS(=O)(=O)[O-])c2cccc(S(=O)(=O)O)c21.O=S(=O)=O.O=S(=O)=O. The molecule has 4 aromatic carbocycles. The summed E-state index contributed by atoms with van der Waals surface area (Å²) in [5, 5.41) is 6.26. The molecule has 28 heteroatoms. The lowest BCUT2D eigenvalue weighted by Gasteiger charge is -2.17. The van der Waals surface area contributed by atoms with Crippen LogP contribution >= 0.6 is 0 Å². The second kappa shape index (κ2) is 26.7. The molecule has 0 radical (unpaired) electrons. The molecule has 0 unspecified atom stereocenters. The summed E-state index contributed by atoms with van der Waals surface area (Å²) in [7, 11) is -24.0. The van der Waals surface area contributed by atoms with E-state index >= 15 is 0 Å². The third-order valence-corrected chi connectivity index (χ3v) is 14.2.